The van der Waals surface area contributed by atoms with Crippen LogP contribution in [0.25, 0.3) is 0 Å². The van der Waals surface area contributed by atoms with E-state index in [0.717, 1.165) is 18.2 Å². The minimum absolute atomic E-state index is 0.165. The van der Waals surface area contributed by atoms with Crippen LogP contribution in [0.15, 0.2) is 36.4 Å². The van der Waals surface area contributed by atoms with Crippen LogP contribution in [-0.2, 0) is 14.3 Å². The van der Waals surface area contributed by atoms with E-state index in [0.29, 0.717) is 5.56 Å². The van der Waals surface area contributed by atoms with Crippen molar-refractivity contribution in [1.82, 2.24) is 0 Å². The number of benzene rings is 2. The Hall–Kier alpha value is -3.49. The highest BCUT2D eigenvalue weighted by molar-refractivity contribution is 5.95. The number of hydrogen-bond donors (Lipinski definition) is 1. The lowest BCUT2D eigenvalue weighted by atomic mass is 10.1. The summed E-state index contributed by atoms with van der Waals surface area (Å²) in [6, 6.07) is 7.51. The van der Waals surface area contributed by atoms with Gasteiger partial charge in [0.25, 0.3) is 5.91 Å². The van der Waals surface area contributed by atoms with Gasteiger partial charge in [0.15, 0.2) is 30.5 Å². The van der Waals surface area contributed by atoms with Crippen molar-refractivity contribution >= 4 is 23.3 Å². The zero-order valence-electron chi connectivity index (χ0n) is 15.1. The molecule has 28 heavy (non-hydrogen) atoms. The first-order valence-corrected chi connectivity index (χ1v) is 8.03. The van der Waals surface area contributed by atoms with E-state index in [-0.39, 0.29) is 17.3 Å². The van der Waals surface area contributed by atoms with E-state index >= 15 is 0 Å². The number of hydrogen-bond acceptors (Lipinski definition) is 6. The molecule has 0 fully saturated rings. The molecule has 1 amide bonds. The molecule has 0 radical (unpaired) electrons. The summed E-state index contributed by atoms with van der Waals surface area (Å²) in [4.78, 5) is 34.8. The fourth-order valence-electron chi connectivity index (χ4n) is 2.12. The van der Waals surface area contributed by atoms with Crippen LogP contribution < -0.4 is 14.8 Å². The van der Waals surface area contributed by atoms with Crippen LogP contribution in [0.4, 0.5) is 14.5 Å². The molecular weight excluding hydrogens is 376 g/mol. The maximum absolute atomic E-state index is 13.5. The predicted molar refractivity (Wildman–Crippen MR) is 94.4 cm³/mol. The second-order valence-electron chi connectivity index (χ2n) is 5.52. The molecule has 9 heteroatoms. The Morgan fingerprint density at radius 3 is 2.29 bits per heavy atom. The van der Waals surface area contributed by atoms with Gasteiger partial charge in [0, 0.05) is 5.56 Å². The molecule has 0 aromatic heterocycles. The molecule has 0 unspecified atom stereocenters. The summed E-state index contributed by atoms with van der Waals surface area (Å²) in [6.07, 6.45) is 0. The van der Waals surface area contributed by atoms with Crippen LogP contribution in [0.5, 0.6) is 11.5 Å². The zero-order chi connectivity index (χ0) is 20.7. The third-order valence-corrected chi connectivity index (χ3v) is 3.51. The van der Waals surface area contributed by atoms with Crippen molar-refractivity contribution in [3.63, 3.8) is 0 Å². The number of amides is 1. The van der Waals surface area contributed by atoms with Gasteiger partial charge in [-0.1, -0.05) is 6.07 Å². The lowest BCUT2D eigenvalue weighted by Crippen LogP contribution is -2.24. The van der Waals surface area contributed by atoms with Crippen molar-refractivity contribution in [1.29, 1.82) is 0 Å². The molecule has 2 rings (SSSR count). The van der Waals surface area contributed by atoms with Gasteiger partial charge in [0.05, 0.1) is 7.11 Å². The van der Waals surface area contributed by atoms with Crippen molar-refractivity contribution in [3.05, 3.63) is 53.6 Å². The largest absolute Gasteiger partial charge is 0.493 e. The van der Waals surface area contributed by atoms with Crippen LogP contribution in [0.1, 0.15) is 17.3 Å². The summed E-state index contributed by atoms with van der Waals surface area (Å²) in [6.45, 7) is 0.0956. The number of halogens is 2. The topological polar surface area (TPSA) is 90.9 Å². The first-order chi connectivity index (χ1) is 13.3. The van der Waals surface area contributed by atoms with E-state index in [2.05, 4.69) is 0 Å². The molecule has 0 aliphatic rings. The summed E-state index contributed by atoms with van der Waals surface area (Å²) in [7, 11) is 1.37. The Labute approximate surface area is 159 Å². The second kappa shape index (κ2) is 9.45. The number of ether oxygens (including phenoxy) is 3. The molecule has 0 heterocycles. The molecule has 0 bridgehead atoms. The van der Waals surface area contributed by atoms with Gasteiger partial charge in [0.2, 0.25) is 0 Å². The number of carbonyl (C=O) groups is 3. The van der Waals surface area contributed by atoms with Gasteiger partial charge >= 0.3 is 5.97 Å². The normalized spacial score (nSPS) is 10.1. The molecule has 0 saturated heterocycles. The van der Waals surface area contributed by atoms with Gasteiger partial charge in [-0.15, -0.1) is 0 Å². The molecular formula is C19H17F2NO6. The quantitative estimate of drug-likeness (QED) is 0.548. The average molecular weight is 393 g/mol. The summed E-state index contributed by atoms with van der Waals surface area (Å²) < 4.78 is 41.9. The monoisotopic (exact) mass is 393 g/mol. The minimum atomic E-state index is -0.955. The highest BCUT2D eigenvalue weighted by atomic mass is 19.1. The van der Waals surface area contributed by atoms with E-state index in [9.17, 15) is 23.2 Å². The molecule has 0 spiro atoms. The van der Waals surface area contributed by atoms with Crippen LogP contribution in [-0.4, -0.2) is 38.0 Å². The SMILES string of the molecule is COc1cc(C(C)=O)ccc1OCC(=O)OCC(=O)Nc1c(F)cccc1F. The van der Waals surface area contributed by atoms with E-state index in [1.165, 1.54) is 32.2 Å². The average Bonchev–Trinajstić information content (AvgIpc) is 2.67. The second-order valence-corrected chi connectivity index (χ2v) is 5.52. The van der Waals surface area contributed by atoms with Gasteiger partial charge in [-0.3, -0.25) is 9.59 Å². The van der Waals surface area contributed by atoms with E-state index < -0.39 is 42.4 Å². The highest BCUT2D eigenvalue weighted by Crippen LogP contribution is 2.28. The fourth-order valence-corrected chi connectivity index (χ4v) is 2.12. The Morgan fingerprint density at radius 1 is 1.00 bits per heavy atom. The minimum Gasteiger partial charge on any atom is -0.493 e. The van der Waals surface area contributed by atoms with E-state index in [1.54, 1.807) is 0 Å². The van der Waals surface area contributed by atoms with Crippen LogP contribution >= 0.6 is 0 Å². The maximum atomic E-state index is 13.5. The van der Waals surface area contributed by atoms with Gasteiger partial charge in [-0.05, 0) is 37.3 Å². The van der Waals surface area contributed by atoms with Crippen LogP contribution in [0.2, 0.25) is 0 Å². The maximum Gasteiger partial charge on any atom is 0.344 e. The molecule has 7 nitrogen and oxygen atoms in total. The predicted octanol–water partition coefficient (Wildman–Crippen LogP) is 2.74. The molecule has 1 N–H and O–H groups in total. The number of rotatable bonds is 8. The lowest BCUT2D eigenvalue weighted by Gasteiger charge is -2.11. The first kappa shape index (κ1) is 20.8. The fraction of sp³-hybridized carbons (Fsp3) is 0.211. The summed E-state index contributed by atoms with van der Waals surface area (Å²) in [5, 5.41) is 1.98. The Balaban J connectivity index is 1.86. The van der Waals surface area contributed by atoms with Gasteiger partial charge in [-0.2, -0.15) is 0 Å². The first-order valence-electron chi connectivity index (χ1n) is 8.03. The molecule has 0 aliphatic carbocycles. The molecule has 148 valence electrons. The van der Waals surface area contributed by atoms with Crippen LogP contribution in [0, 0.1) is 11.6 Å². The number of esters is 1. The summed E-state index contributed by atoms with van der Waals surface area (Å²) >= 11 is 0. The third kappa shape index (κ3) is 5.50. The van der Waals surface area contributed by atoms with Crippen molar-refractivity contribution in [2.24, 2.45) is 0 Å². The van der Waals surface area contributed by atoms with Crippen molar-refractivity contribution < 1.29 is 37.4 Å². The summed E-state index contributed by atoms with van der Waals surface area (Å²) in [5.41, 5.74) is -0.223. The molecule has 2 aromatic carbocycles. The van der Waals surface area contributed by atoms with E-state index in [4.69, 9.17) is 14.2 Å². The van der Waals surface area contributed by atoms with Gasteiger partial charge < -0.3 is 19.5 Å². The number of Topliss-reactive ketones (excluding diaryl/α,β-unsaturated/α-hetero) is 1. The van der Waals surface area contributed by atoms with Gasteiger partial charge in [0.1, 0.15) is 17.3 Å². The van der Waals surface area contributed by atoms with E-state index in [1.807, 2.05) is 5.32 Å². The van der Waals surface area contributed by atoms with Gasteiger partial charge in [-0.25, -0.2) is 13.6 Å². The number of anilines is 1. The standard InChI is InChI=1S/C19H17F2NO6/c1-11(23)12-6-7-15(16(8-12)26-2)27-10-18(25)28-9-17(24)22-19-13(20)4-3-5-14(19)21/h3-8H,9-10H2,1-2H3,(H,22,24). The van der Waals surface area contributed by atoms with Crippen LogP contribution in [0.3, 0.4) is 0 Å². The number of ketones is 1. The summed E-state index contributed by atoms with van der Waals surface area (Å²) in [5.74, 6) is -3.44. The number of methoxy groups -OCH3 is 1. The number of carbonyl (C=O) groups excluding carboxylic acids is 3. The smallest absolute Gasteiger partial charge is 0.344 e. The molecule has 0 saturated carbocycles. The molecule has 0 aliphatic heterocycles. The lowest BCUT2D eigenvalue weighted by molar-refractivity contribution is -0.149. The third-order valence-electron chi connectivity index (χ3n) is 3.51. The van der Waals surface area contributed by atoms with Crippen molar-refractivity contribution in [3.8, 4) is 11.5 Å². The molecule has 2 aromatic rings. The Bertz CT molecular complexity index is 880. The zero-order valence-corrected chi connectivity index (χ0v) is 15.1. The number of para-hydroxylation sites is 1. The Kier molecular flexibility index (Phi) is 7.02. The van der Waals surface area contributed by atoms with Crippen molar-refractivity contribution in [2.45, 2.75) is 6.92 Å². The number of nitrogens with one attached hydrogen (secondary N) is 1. The highest BCUT2D eigenvalue weighted by Gasteiger charge is 2.15. The van der Waals surface area contributed by atoms with Crippen molar-refractivity contribution in [2.75, 3.05) is 25.6 Å². The molecule has 0 atom stereocenters. The Morgan fingerprint density at radius 2 is 1.68 bits per heavy atom.